The fourth-order valence-electron chi connectivity index (χ4n) is 8.81. The highest BCUT2D eigenvalue weighted by molar-refractivity contribution is 6.13. The molecule has 0 radical (unpaired) electrons. The van der Waals surface area contributed by atoms with E-state index in [-0.39, 0.29) is 5.41 Å². The number of fused-ring (bicyclic) bond motifs is 6. The van der Waals surface area contributed by atoms with E-state index >= 15 is 0 Å². The van der Waals surface area contributed by atoms with Crippen molar-refractivity contribution in [2.75, 3.05) is 0 Å². The molecule has 0 N–H and O–H groups in total. The molecule has 1 aliphatic rings. The van der Waals surface area contributed by atoms with E-state index in [1.807, 2.05) is 36.4 Å². The summed E-state index contributed by atoms with van der Waals surface area (Å²) in [5, 5.41) is 2.45. The zero-order valence-electron chi connectivity index (χ0n) is 32.0. The van der Waals surface area contributed by atoms with E-state index in [0.29, 0.717) is 28.9 Å². The van der Waals surface area contributed by atoms with Gasteiger partial charge in [0.1, 0.15) is 11.4 Å². The minimum absolute atomic E-state index is 0.123. The van der Waals surface area contributed by atoms with Crippen LogP contribution in [0.3, 0.4) is 0 Å². The van der Waals surface area contributed by atoms with E-state index in [9.17, 15) is 0 Å². The Morgan fingerprint density at radius 3 is 1.57 bits per heavy atom. The standard InChI is InChI=1S/C52H36N6/c1-52(2)42-23-11-9-21-36(42)40-32-47-41(31-43(40)52)37-22-10-12-26-46(37)58(47)48-38(33-17-5-3-6-18-33)29-35(30-39(48)34-19-7-4-8-20-34)49-55-50(44-24-13-15-27-53-44)57-51(56-49)45-25-14-16-28-54-45/h3-32H,1-2H3. The Balaban J connectivity index is 1.26. The maximum absolute atomic E-state index is 5.12. The summed E-state index contributed by atoms with van der Waals surface area (Å²) in [6.07, 6.45) is 3.52. The van der Waals surface area contributed by atoms with Gasteiger partial charge in [0, 0.05) is 45.3 Å². The zero-order valence-corrected chi connectivity index (χ0v) is 32.0. The van der Waals surface area contributed by atoms with E-state index in [1.165, 1.54) is 33.0 Å². The molecule has 6 aromatic carbocycles. The van der Waals surface area contributed by atoms with Crippen LogP contribution >= 0.6 is 0 Å². The molecule has 6 heteroatoms. The van der Waals surface area contributed by atoms with Gasteiger partial charge in [-0.25, -0.2) is 15.0 Å². The highest BCUT2D eigenvalue weighted by atomic mass is 15.1. The third kappa shape index (κ3) is 5.37. The van der Waals surface area contributed by atoms with Crippen LogP contribution in [-0.4, -0.2) is 29.5 Å². The molecule has 274 valence electrons. The van der Waals surface area contributed by atoms with Gasteiger partial charge >= 0.3 is 0 Å². The summed E-state index contributed by atoms with van der Waals surface area (Å²) in [6.45, 7) is 4.70. The Kier molecular flexibility index (Phi) is 7.73. The predicted octanol–water partition coefficient (Wildman–Crippen LogP) is 12.4. The summed E-state index contributed by atoms with van der Waals surface area (Å²) < 4.78 is 2.49. The van der Waals surface area contributed by atoms with Gasteiger partial charge in [-0.1, -0.05) is 129 Å². The van der Waals surface area contributed by atoms with E-state index < -0.39 is 0 Å². The molecule has 0 amide bonds. The average molecular weight is 745 g/mol. The number of nitrogens with zero attached hydrogens (tertiary/aromatic N) is 6. The molecule has 11 rings (SSSR count). The highest BCUT2D eigenvalue weighted by Gasteiger charge is 2.36. The quantitative estimate of drug-likeness (QED) is 0.170. The number of benzene rings is 6. The molecular formula is C52H36N6. The van der Waals surface area contributed by atoms with Gasteiger partial charge in [0.2, 0.25) is 0 Å². The van der Waals surface area contributed by atoms with Gasteiger partial charge in [-0.15, -0.1) is 0 Å². The second kappa shape index (κ2) is 13.3. The van der Waals surface area contributed by atoms with Crippen molar-refractivity contribution < 1.29 is 0 Å². The molecule has 0 bridgehead atoms. The van der Waals surface area contributed by atoms with Crippen LogP contribution in [-0.2, 0) is 5.41 Å². The smallest absolute Gasteiger partial charge is 0.182 e. The Morgan fingerprint density at radius 1 is 0.397 bits per heavy atom. The maximum Gasteiger partial charge on any atom is 0.182 e. The van der Waals surface area contributed by atoms with Crippen LogP contribution in [0.15, 0.2) is 182 Å². The van der Waals surface area contributed by atoms with Gasteiger partial charge in [0.25, 0.3) is 0 Å². The largest absolute Gasteiger partial charge is 0.308 e. The summed E-state index contributed by atoms with van der Waals surface area (Å²) in [6, 6.07) is 59.9. The number of rotatable bonds is 6. The van der Waals surface area contributed by atoms with Crippen molar-refractivity contribution >= 4 is 21.8 Å². The second-order valence-electron chi connectivity index (χ2n) is 15.3. The maximum atomic E-state index is 5.12. The summed E-state index contributed by atoms with van der Waals surface area (Å²) >= 11 is 0. The topological polar surface area (TPSA) is 69.4 Å². The molecule has 0 unspecified atom stereocenters. The first kappa shape index (κ1) is 33.7. The van der Waals surface area contributed by atoms with Crippen molar-refractivity contribution in [2.45, 2.75) is 19.3 Å². The van der Waals surface area contributed by atoms with Gasteiger partial charge in [0.15, 0.2) is 17.5 Å². The van der Waals surface area contributed by atoms with Crippen LogP contribution in [0.1, 0.15) is 25.0 Å². The Bertz CT molecular complexity index is 3060. The van der Waals surface area contributed by atoms with Crippen molar-refractivity contribution in [1.29, 1.82) is 0 Å². The molecule has 0 aliphatic heterocycles. The molecule has 4 heterocycles. The Hall–Kier alpha value is -7.57. The second-order valence-corrected chi connectivity index (χ2v) is 15.3. The van der Waals surface area contributed by atoms with Gasteiger partial charge < -0.3 is 4.57 Å². The van der Waals surface area contributed by atoms with E-state index in [4.69, 9.17) is 15.0 Å². The minimum Gasteiger partial charge on any atom is -0.308 e. The lowest BCUT2D eigenvalue weighted by atomic mass is 9.82. The SMILES string of the molecule is CC1(C)c2ccccc2-c2cc3c(cc21)c1ccccc1n3-c1c(-c2ccccc2)cc(-c2nc(-c3ccccn3)nc(-c3ccccn3)n2)cc1-c1ccccc1. The van der Waals surface area contributed by atoms with Crippen molar-refractivity contribution in [1.82, 2.24) is 29.5 Å². The van der Waals surface area contributed by atoms with Crippen molar-refractivity contribution in [3.8, 4) is 73.5 Å². The van der Waals surface area contributed by atoms with Crippen LogP contribution in [0.5, 0.6) is 0 Å². The molecule has 0 fully saturated rings. The summed E-state index contributed by atoms with van der Waals surface area (Å²) in [4.78, 5) is 24.4. The Morgan fingerprint density at radius 2 is 0.948 bits per heavy atom. The molecule has 6 nitrogen and oxygen atoms in total. The van der Waals surface area contributed by atoms with Crippen LogP contribution in [0.4, 0.5) is 0 Å². The first-order valence-corrected chi connectivity index (χ1v) is 19.6. The van der Waals surface area contributed by atoms with Crippen LogP contribution in [0, 0.1) is 0 Å². The monoisotopic (exact) mass is 744 g/mol. The highest BCUT2D eigenvalue weighted by Crippen LogP contribution is 2.52. The number of hydrogen-bond acceptors (Lipinski definition) is 5. The molecule has 0 saturated heterocycles. The molecule has 4 aromatic heterocycles. The van der Waals surface area contributed by atoms with Crippen molar-refractivity contribution in [2.24, 2.45) is 0 Å². The normalized spacial score (nSPS) is 12.8. The van der Waals surface area contributed by atoms with Crippen LogP contribution in [0.2, 0.25) is 0 Å². The first-order valence-electron chi connectivity index (χ1n) is 19.6. The molecule has 1 aliphatic carbocycles. The van der Waals surface area contributed by atoms with Crippen LogP contribution in [0.25, 0.3) is 95.3 Å². The number of pyridine rings is 2. The van der Waals surface area contributed by atoms with Crippen LogP contribution < -0.4 is 0 Å². The van der Waals surface area contributed by atoms with E-state index in [2.05, 4.69) is 162 Å². The third-order valence-electron chi connectivity index (χ3n) is 11.6. The zero-order chi connectivity index (χ0) is 38.8. The molecular weight excluding hydrogens is 709 g/mol. The number of para-hydroxylation sites is 1. The van der Waals surface area contributed by atoms with Gasteiger partial charge in [-0.05, 0) is 88.0 Å². The summed E-state index contributed by atoms with van der Waals surface area (Å²) in [5.74, 6) is 1.51. The fourth-order valence-corrected chi connectivity index (χ4v) is 8.81. The third-order valence-corrected chi connectivity index (χ3v) is 11.6. The molecule has 0 spiro atoms. The number of hydrogen-bond donors (Lipinski definition) is 0. The fraction of sp³-hybridized carbons (Fsp3) is 0.0577. The number of aromatic nitrogens is 6. The van der Waals surface area contributed by atoms with Crippen molar-refractivity contribution in [3.05, 3.63) is 193 Å². The van der Waals surface area contributed by atoms with Crippen molar-refractivity contribution in [3.63, 3.8) is 0 Å². The average Bonchev–Trinajstić information content (AvgIpc) is 3.73. The first-order chi connectivity index (χ1) is 28.5. The van der Waals surface area contributed by atoms with Gasteiger partial charge in [-0.3, -0.25) is 9.97 Å². The lowest BCUT2D eigenvalue weighted by Crippen LogP contribution is -2.14. The lowest BCUT2D eigenvalue weighted by Gasteiger charge is -2.22. The molecule has 0 atom stereocenters. The van der Waals surface area contributed by atoms with Gasteiger partial charge in [-0.2, -0.15) is 0 Å². The molecule has 58 heavy (non-hydrogen) atoms. The molecule has 10 aromatic rings. The minimum atomic E-state index is -0.123. The van der Waals surface area contributed by atoms with E-state index in [1.54, 1.807) is 12.4 Å². The Labute approximate surface area is 336 Å². The van der Waals surface area contributed by atoms with E-state index in [0.717, 1.165) is 44.5 Å². The molecule has 0 saturated carbocycles. The van der Waals surface area contributed by atoms with Gasteiger partial charge in [0.05, 0.1) is 16.7 Å². The summed E-state index contributed by atoms with van der Waals surface area (Å²) in [5.41, 5.74) is 15.0. The lowest BCUT2D eigenvalue weighted by molar-refractivity contribution is 0.661. The predicted molar refractivity (Wildman–Crippen MR) is 234 cm³/mol. The summed E-state index contributed by atoms with van der Waals surface area (Å²) in [7, 11) is 0.